The Morgan fingerprint density at radius 1 is 1.18 bits per heavy atom. The minimum atomic E-state index is 0.765. The number of halogens is 2. The number of hydrogen-bond donors (Lipinski definition) is 0. The van der Waals surface area contributed by atoms with Crippen molar-refractivity contribution in [3.8, 4) is 11.3 Å². The van der Waals surface area contributed by atoms with E-state index in [9.17, 15) is 0 Å². The molecule has 2 aromatic rings. The Balaban J connectivity index is 2.11. The van der Waals surface area contributed by atoms with Crippen LogP contribution in [0.25, 0.3) is 11.3 Å². The van der Waals surface area contributed by atoms with Crippen LogP contribution in [0.5, 0.6) is 0 Å². The van der Waals surface area contributed by atoms with Gasteiger partial charge in [-0.25, -0.2) is 4.98 Å². The van der Waals surface area contributed by atoms with Crippen molar-refractivity contribution >= 4 is 27.5 Å². The van der Waals surface area contributed by atoms with Gasteiger partial charge in [0, 0.05) is 22.8 Å². The van der Waals surface area contributed by atoms with E-state index in [1.807, 2.05) is 24.3 Å². The molecule has 0 N–H and O–H groups in total. The van der Waals surface area contributed by atoms with Crippen LogP contribution in [0.2, 0.25) is 5.02 Å². The smallest absolute Gasteiger partial charge is 0.177 e. The largest absolute Gasteiger partial charge is 0.322 e. The van der Waals surface area contributed by atoms with Crippen molar-refractivity contribution in [2.24, 2.45) is 0 Å². The van der Waals surface area contributed by atoms with E-state index in [-0.39, 0.29) is 0 Å². The van der Waals surface area contributed by atoms with Gasteiger partial charge in [-0.1, -0.05) is 23.7 Å². The number of fused-ring (bicyclic) bond motifs is 1. The minimum absolute atomic E-state index is 0.765. The fraction of sp³-hybridized carbons (Fsp3) is 0.308. The van der Waals surface area contributed by atoms with E-state index in [0.29, 0.717) is 0 Å². The Bertz CT molecular complexity index is 545. The van der Waals surface area contributed by atoms with Gasteiger partial charge in [-0.2, -0.15) is 0 Å². The average molecular weight is 312 g/mol. The molecule has 88 valence electrons. The summed E-state index contributed by atoms with van der Waals surface area (Å²) in [7, 11) is 0. The number of nitrogens with zero attached hydrogens (tertiary/aromatic N) is 2. The summed E-state index contributed by atoms with van der Waals surface area (Å²) >= 11 is 9.45. The molecule has 1 aliphatic rings. The van der Waals surface area contributed by atoms with E-state index in [0.717, 1.165) is 34.0 Å². The first-order chi connectivity index (χ1) is 8.25. The maximum atomic E-state index is 5.91. The molecular formula is C13H12BrClN2. The van der Waals surface area contributed by atoms with Gasteiger partial charge in [-0.15, -0.1) is 0 Å². The highest BCUT2D eigenvalue weighted by molar-refractivity contribution is 9.10. The number of rotatable bonds is 1. The monoisotopic (exact) mass is 310 g/mol. The molecule has 0 amide bonds. The summed E-state index contributed by atoms with van der Waals surface area (Å²) in [5, 5.41) is 0.765. The highest BCUT2D eigenvalue weighted by Gasteiger charge is 2.19. The highest BCUT2D eigenvalue weighted by Crippen LogP contribution is 2.31. The van der Waals surface area contributed by atoms with Gasteiger partial charge in [0.2, 0.25) is 0 Å². The van der Waals surface area contributed by atoms with Crippen LogP contribution in [-0.2, 0) is 13.0 Å². The van der Waals surface area contributed by atoms with E-state index in [2.05, 4.69) is 25.5 Å². The fourth-order valence-electron chi connectivity index (χ4n) is 2.34. The van der Waals surface area contributed by atoms with Crippen LogP contribution in [-0.4, -0.2) is 9.55 Å². The van der Waals surface area contributed by atoms with E-state index < -0.39 is 0 Å². The Kier molecular flexibility index (Phi) is 2.97. The lowest BCUT2D eigenvalue weighted by Crippen LogP contribution is -2.10. The second kappa shape index (κ2) is 4.46. The van der Waals surface area contributed by atoms with Gasteiger partial charge >= 0.3 is 0 Å². The molecule has 0 aliphatic carbocycles. The van der Waals surface area contributed by atoms with Crippen LogP contribution >= 0.6 is 27.5 Å². The van der Waals surface area contributed by atoms with Crippen molar-refractivity contribution in [1.29, 1.82) is 0 Å². The maximum absolute atomic E-state index is 5.91. The summed E-state index contributed by atoms with van der Waals surface area (Å²) in [5.74, 6) is 0. The minimum Gasteiger partial charge on any atom is -0.322 e. The second-order valence-corrected chi connectivity index (χ2v) is 5.44. The molecule has 0 fully saturated rings. The Labute approximate surface area is 114 Å². The normalized spacial score (nSPS) is 14.7. The molecule has 3 rings (SSSR count). The van der Waals surface area contributed by atoms with Crippen LogP contribution < -0.4 is 0 Å². The van der Waals surface area contributed by atoms with Gasteiger partial charge in [0.15, 0.2) is 4.73 Å². The average Bonchev–Trinajstić information content (AvgIpc) is 2.69. The second-order valence-electron chi connectivity index (χ2n) is 4.29. The molecule has 2 heterocycles. The highest BCUT2D eigenvalue weighted by atomic mass is 79.9. The molecule has 4 heteroatoms. The van der Waals surface area contributed by atoms with Gasteiger partial charge in [-0.05, 0) is 47.3 Å². The molecule has 1 aromatic carbocycles. The molecule has 0 radical (unpaired) electrons. The zero-order valence-corrected chi connectivity index (χ0v) is 11.6. The van der Waals surface area contributed by atoms with Crippen molar-refractivity contribution in [2.45, 2.75) is 25.8 Å². The number of aromatic nitrogens is 2. The summed E-state index contributed by atoms with van der Waals surface area (Å²) in [6, 6.07) is 7.90. The van der Waals surface area contributed by atoms with Gasteiger partial charge in [-0.3, -0.25) is 0 Å². The summed E-state index contributed by atoms with van der Waals surface area (Å²) in [6.07, 6.45) is 3.59. The van der Waals surface area contributed by atoms with Crippen molar-refractivity contribution in [3.63, 3.8) is 0 Å². The van der Waals surface area contributed by atoms with Crippen LogP contribution in [0.3, 0.4) is 0 Å². The van der Waals surface area contributed by atoms with Gasteiger partial charge in [0.05, 0.1) is 5.69 Å². The van der Waals surface area contributed by atoms with Gasteiger partial charge < -0.3 is 4.57 Å². The standard InChI is InChI=1S/C13H12BrClN2/c14-13-16-12(9-4-6-10(15)7-5-9)11-3-1-2-8-17(11)13/h4-7H,1-3,8H2. The summed E-state index contributed by atoms with van der Waals surface area (Å²) in [4.78, 5) is 4.63. The third-order valence-corrected chi connectivity index (χ3v) is 4.05. The lowest BCUT2D eigenvalue weighted by atomic mass is 10.0. The number of benzene rings is 1. The quantitative estimate of drug-likeness (QED) is 0.767. The SMILES string of the molecule is Clc1ccc(-c2nc(Br)n3c2CCCC3)cc1. The van der Waals surface area contributed by atoms with Crippen LogP contribution in [0.1, 0.15) is 18.5 Å². The van der Waals surface area contributed by atoms with E-state index in [4.69, 9.17) is 11.6 Å². The van der Waals surface area contributed by atoms with Crippen LogP contribution in [0, 0.1) is 0 Å². The molecule has 1 aromatic heterocycles. The Morgan fingerprint density at radius 2 is 1.94 bits per heavy atom. The topological polar surface area (TPSA) is 17.8 Å². The third-order valence-electron chi connectivity index (χ3n) is 3.19. The molecular weight excluding hydrogens is 300 g/mol. The predicted octanol–water partition coefficient (Wildman–Crippen LogP) is 4.30. The molecule has 0 spiro atoms. The van der Waals surface area contributed by atoms with Gasteiger partial charge in [0.1, 0.15) is 0 Å². The first-order valence-corrected chi connectivity index (χ1v) is 6.93. The lowest BCUT2D eigenvalue weighted by Gasteiger charge is -2.15. The zero-order chi connectivity index (χ0) is 11.8. The van der Waals surface area contributed by atoms with E-state index in [1.165, 1.54) is 18.5 Å². The molecule has 0 bridgehead atoms. The zero-order valence-electron chi connectivity index (χ0n) is 9.29. The van der Waals surface area contributed by atoms with Crippen molar-refractivity contribution in [2.75, 3.05) is 0 Å². The number of imidazole rings is 1. The van der Waals surface area contributed by atoms with Crippen molar-refractivity contribution in [3.05, 3.63) is 39.7 Å². The summed E-state index contributed by atoms with van der Waals surface area (Å²) in [6.45, 7) is 1.07. The predicted molar refractivity (Wildman–Crippen MR) is 73.3 cm³/mol. The molecule has 0 saturated heterocycles. The first kappa shape index (κ1) is 11.3. The Morgan fingerprint density at radius 3 is 2.71 bits per heavy atom. The molecule has 0 saturated carbocycles. The van der Waals surface area contributed by atoms with Crippen molar-refractivity contribution in [1.82, 2.24) is 9.55 Å². The maximum Gasteiger partial charge on any atom is 0.177 e. The lowest BCUT2D eigenvalue weighted by molar-refractivity contribution is 0.525. The number of hydrogen-bond acceptors (Lipinski definition) is 1. The third kappa shape index (κ3) is 2.02. The molecule has 0 atom stereocenters. The Hall–Kier alpha value is -0.800. The van der Waals surface area contributed by atoms with Crippen molar-refractivity contribution < 1.29 is 0 Å². The molecule has 0 unspecified atom stereocenters. The van der Waals surface area contributed by atoms with Gasteiger partial charge in [0.25, 0.3) is 0 Å². The van der Waals surface area contributed by atoms with E-state index >= 15 is 0 Å². The van der Waals surface area contributed by atoms with Crippen LogP contribution in [0.4, 0.5) is 0 Å². The first-order valence-electron chi connectivity index (χ1n) is 5.76. The molecule has 2 nitrogen and oxygen atoms in total. The van der Waals surface area contributed by atoms with Crippen LogP contribution in [0.15, 0.2) is 29.0 Å². The van der Waals surface area contributed by atoms with E-state index in [1.54, 1.807) is 0 Å². The summed E-state index contributed by atoms with van der Waals surface area (Å²) in [5.41, 5.74) is 3.57. The fourth-order valence-corrected chi connectivity index (χ4v) is 3.03. The molecule has 17 heavy (non-hydrogen) atoms. The molecule has 1 aliphatic heterocycles. The summed E-state index contributed by atoms with van der Waals surface area (Å²) < 4.78 is 3.21.